The number of rotatable bonds is 3. The van der Waals surface area contributed by atoms with Gasteiger partial charge in [0, 0.05) is 0 Å². The minimum absolute atomic E-state index is 0.395. The summed E-state index contributed by atoms with van der Waals surface area (Å²) in [5.41, 5.74) is 4.75. The van der Waals surface area contributed by atoms with Gasteiger partial charge in [-0.05, 0) is 48.6 Å². The zero-order chi connectivity index (χ0) is 13.7. The Kier molecular flexibility index (Phi) is 4.80. The molecule has 0 saturated heterocycles. The van der Waals surface area contributed by atoms with Crippen LogP contribution in [0, 0.1) is 0 Å². The Labute approximate surface area is 113 Å². The van der Waals surface area contributed by atoms with Crippen LogP contribution >= 0.6 is 0 Å². The normalized spacial score (nSPS) is 20.6. The van der Waals surface area contributed by atoms with Crippen LogP contribution in [-0.2, 0) is 0 Å². The maximum absolute atomic E-state index is 10.0. The summed E-state index contributed by atoms with van der Waals surface area (Å²) >= 11 is 0. The van der Waals surface area contributed by atoms with E-state index in [-0.39, 0.29) is 0 Å². The Balaban J connectivity index is 2.10. The average molecular weight is 260 g/mol. The maximum Gasteiger partial charge on any atom is 0.118 e. The van der Waals surface area contributed by atoms with Gasteiger partial charge in [0.15, 0.2) is 0 Å². The minimum atomic E-state index is -0.701. The number of aliphatic hydroxyl groups excluding tert-OH is 2. The summed E-state index contributed by atoms with van der Waals surface area (Å²) in [4.78, 5) is 0. The molecule has 1 fully saturated rings. The summed E-state index contributed by atoms with van der Waals surface area (Å²) in [6.07, 6.45) is 4.34. The number of hydrogen-bond donors (Lipinski definition) is 2. The maximum atomic E-state index is 10.0. The standard InChI is InChI=1S/C16H20O3/c1-19-14-9-6-13(7-10-14)16(18)11-8-12-4-2-3-5-15(12)17/h6-7,9-11,15-18H,2-5H2,1H3/t8?,15-,16-/m0/s1. The van der Waals surface area contributed by atoms with E-state index in [1.54, 1.807) is 13.2 Å². The Bertz CT molecular complexity index is 469. The van der Waals surface area contributed by atoms with Crippen LogP contribution in [0.4, 0.5) is 0 Å². The second-order valence-corrected chi connectivity index (χ2v) is 4.82. The zero-order valence-corrected chi connectivity index (χ0v) is 11.2. The fourth-order valence-corrected chi connectivity index (χ4v) is 2.25. The first kappa shape index (κ1) is 13.9. The van der Waals surface area contributed by atoms with Crippen LogP contribution < -0.4 is 4.74 Å². The highest BCUT2D eigenvalue weighted by Crippen LogP contribution is 2.23. The monoisotopic (exact) mass is 260 g/mol. The lowest BCUT2D eigenvalue weighted by atomic mass is 9.92. The first-order chi connectivity index (χ1) is 9.20. The van der Waals surface area contributed by atoms with Gasteiger partial charge in [0.25, 0.3) is 0 Å². The van der Waals surface area contributed by atoms with E-state index in [1.807, 2.05) is 24.3 Å². The third kappa shape index (κ3) is 3.71. The summed E-state index contributed by atoms with van der Waals surface area (Å²) in [6, 6.07) is 7.28. The van der Waals surface area contributed by atoms with Gasteiger partial charge in [0.05, 0.1) is 13.2 Å². The summed E-state index contributed by atoms with van der Waals surface area (Å²) in [5.74, 6) is 0.765. The molecule has 0 heterocycles. The van der Waals surface area contributed by atoms with Crippen LogP contribution in [0.15, 0.2) is 41.6 Å². The van der Waals surface area contributed by atoms with E-state index in [0.29, 0.717) is 0 Å². The molecule has 1 aliphatic rings. The van der Waals surface area contributed by atoms with Crippen molar-refractivity contribution in [2.45, 2.75) is 37.9 Å². The van der Waals surface area contributed by atoms with Gasteiger partial charge in [0.2, 0.25) is 0 Å². The lowest BCUT2D eigenvalue weighted by Crippen LogP contribution is -2.14. The molecule has 0 amide bonds. The fraction of sp³-hybridized carbons (Fsp3) is 0.438. The van der Waals surface area contributed by atoms with Gasteiger partial charge in [-0.2, -0.15) is 0 Å². The number of methoxy groups -OCH3 is 1. The zero-order valence-electron chi connectivity index (χ0n) is 11.2. The SMILES string of the molecule is COc1ccc([C@@H](O)C=C=C2CCCC[C@@H]2O)cc1. The Morgan fingerprint density at radius 2 is 2.05 bits per heavy atom. The molecule has 0 aromatic heterocycles. The van der Waals surface area contributed by atoms with Gasteiger partial charge < -0.3 is 14.9 Å². The van der Waals surface area contributed by atoms with Crippen molar-refractivity contribution >= 4 is 0 Å². The fourth-order valence-electron chi connectivity index (χ4n) is 2.25. The molecular weight excluding hydrogens is 240 g/mol. The van der Waals surface area contributed by atoms with Gasteiger partial charge >= 0.3 is 0 Å². The number of benzene rings is 1. The van der Waals surface area contributed by atoms with Crippen LogP contribution in [0.25, 0.3) is 0 Å². The summed E-state index contributed by atoms with van der Waals surface area (Å²) in [5, 5.41) is 19.9. The lowest BCUT2D eigenvalue weighted by molar-refractivity contribution is 0.178. The van der Waals surface area contributed by atoms with Gasteiger partial charge in [-0.3, -0.25) is 0 Å². The van der Waals surface area contributed by atoms with Crippen LogP contribution in [0.3, 0.4) is 0 Å². The minimum Gasteiger partial charge on any atom is -0.497 e. The molecular formula is C16H20O3. The molecule has 0 bridgehead atoms. The van der Waals surface area contributed by atoms with Gasteiger partial charge in [-0.1, -0.05) is 18.6 Å². The Morgan fingerprint density at radius 1 is 1.32 bits per heavy atom. The highest BCUT2D eigenvalue weighted by molar-refractivity contribution is 5.30. The molecule has 2 atom stereocenters. The molecule has 102 valence electrons. The van der Waals surface area contributed by atoms with Gasteiger partial charge in [0.1, 0.15) is 11.9 Å². The second kappa shape index (κ2) is 6.58. The van der Waals surface area contributed by atoms with Crippen molar-refractivity contribution in [2.75, 3.05) is 7.11 Å². The predicted molar refractivity (Wildman–Crippen MR) is 74.0 cm³/mol. The number of ether oxygens (including phenoxy) is 1. The molecule has 0 spiro atoms. The molecule has 19 heavy (non-hydrogen) atoms. The average Bonchev–Trinajstić information content (AvgIpc) is 2.46. The van der Waals surface area contributed by atoms with Gasteiger partial charge in [-0.25, -0.2) is 0 Å². The summed E-state index contributed by atoms with van der Waals surface area (Å²) in [6.45, 7) is 0. The molecule has 2 N–H and O–H groups in total. The molecule has 1 aliphatic carbocycles. The van der Waals surface area contributed by atoms with E-state index in [0.717, 1.165) is 42.6 Å². The van der Waals surface area contributed by atoms with Crippen molar-refractivity contribution < 1.29 is 14.9 Å². The summed E-state index contributed by atoms with van der Waals surface area (Å²) < 4.78 is 5.07. The molecule has 0 radical (unpaired) electrons. The smallest absolute Gasteiger partial charge is 0.118 e. The van der Waals surface area contributed by atoms with Crippen molar-refractivity contribution in [1.29, 1.82) is 0 Å². The van der Waals surface area contributed by atoms with Crippen LogP contribution in [0.2, 0.25) is 0 Å². The third-order valence-electron chi connectivity index (χ3n) is 3.46. The van der Waals surface area contributed by atoms with Crippen molar-refractivity contribution in [3.8, 4) is 5.75 Å². The van der Waals surface area contributed by atoms with Gasteiger partial charge in [-0.15, -0.1) is 5.73 Å². The van der Waals surface area contributed by atoms with Crippen LogP contribution in [0.1, 0.15) is 37.4 Å². The highest BCUT2D eigenvalue weighted by atomic mass is 16.5. The van der Waals surface area contributed by atoms with E-state index < -0.39 is 12.2 Å². The van der Waals surface area contributed by atoms with Crippen molar-refractivity contribution in [2.24, 2.45) is 0 Å². The molecule has 1 saturated carbocycles. The van der Waals surface area contributed by atoms with Crippen molar-refractivity contribution in [1.82, 2.24) is 0 Å². The number of hydrogen-bond acceptors (Lipinski definition) is 3. The van der Waals surface area contributed by atoms with E-state index in [1.165, 1.54) is 0 Å². The van der Waals surface area contributed by atoms with E-state index in [4.69, 9.17) is 4.74 Å². The highest BCUT2D eigenvalue weighted by Gasteiger charge is 2.15. The largest absolute Gasteiger partial charge is 0.497 e. The Morgan fingerprint density at radius 3 is 2.68 bits per heavy atom. The first-order valence-electron chi connectivity index (χ1n) is 6.66. The molecule has 3 heteroatoms. The van der Waals surface area contributed by atoms with E-state index in [9.17, 15) is 10.2 Å². The molecule has 0 aliphatic heterocycles. The lowest BCUT2D eigenvalue weighted by Gasteiger charge is -2.18. The predicted octanol–water partition coefficient (Wildman–Crippen LogP) is 2.75. The van der Waals surface area contributed by atoms with E-state index in [2.05, 4.69) is 5.73 Å². The topological polar surface area (TPSA) is 49.7 Å². The molecule has 0 unspecified atom stereocenters. The van der Waals surface area contributed by atoms with Crippen molar-refractivity contribution in [3.63, 3.8) is 0 Å². The van der Waals surface area contributed by atoms with Crippen LogP contribution in [-0.4, -0.2) is 23.4 Å². The second-order valence-electron chi connectivity index (χ2n) is 4.82. The Hall–Kier alpha value is -1.54. The number of aliphatic hydroxyl groups is 2. The molecule has 3 nitrogen and oxygen atoms in total. The molecule has 1 aromatic carbocycles. The molecule has 2 rings (SSSR count). The van der Waals surface area contributed by atoms with Crippen molar-refractivity contribution in [3.05, 3.63) is 47.2 Å². The quantitative estimate of drug-likeness (QED) is 0.822. The van der Waals surface area contributed by atoms with E-state index >= 15 is 0 Å². The molecule has 1 aromatic rings. The third-order valence-corrected chi connectivity index (χ3v) is 3.46. The summed E-state index contributed by atoms with van der Waals surface area (Å²) in [7, 11) is 1.61. The van der Waals surface area contributed by atoms with Crippen LogP contribution in [0.5, 0.6) is 5.75 Å². The first-order valence-corrected chi connectivity index (χ1v) is 6.66.